The van der Waals surface area contributed by atoms with Gasteiger partial charge in [-0.3, -0.25) is 9.59 Å². The molecule has 2 aromatic rings. The molecule has 24 heavy (non-hydrogen) atoms. The molecule has 5 heteroatoms. The van der Waals surface area contributed by atoms with Crippen molar-refractivity contribution in [1.82, 2.24) is 5.43 Å². The SMILES string of the molecule is CC(C)/C=N/NC(=O)c1ccc(C(=O)Cc2ccccc2O)cc1. The van der Waals surface area contributed by atoms with Gasteiger partial charge in [0.1, 0.15) is 5.75 Å². The summed E-state index contributed by atoms with van der Waals surface area (Å²) < 4.78 is 0. The van der Waals surface area contributed by atoms with Crippen molar-refractivity contribution in [2.45, 2.75) is 20.3 Å². The molecule has 0 radical (unpaired) electrons. The van der Waals surface area contributed by atoms with Gasteiger partial charge in [-0.1, -0.05) is 44.2 Å². The van der Waals surface area contributed by atoms with E-state index in [1.54, 1.807) is 54.7 Å². The standard InChI is InChI=1S/C19H20N2O3/c1-13(2)12-20-21-19(24)15-9-7-14(8-10-15)18(23)11-16-5-3-4-6-17(16)22/h3-10,12-13,22H,11H2,1-2H3,(H,21,24)/b20-12+. The van der Waals surface area contributed by atoms with E-state index >= 15 is 0 Å². The van der Waals surface area contributed by atoms with E-state index in [-0.39, 0.29) is 29.8 Å². The maximum atomic E-state index is 12.3. The minimum atomic E-state index is -0.327. The summed E-state index contributed by atoms with van der Waals surface area (Å²) in [5.41, 5.74) is 3.93. The van der Waals surface area contributed by atoms with E-state index in [1.807, 2.05) is 13.8 Å². The molecule has 0 atom stereocenters. The highest BCUT2D eigenvalue weighted by Crippen LogP contribution is 2.18. The van der Waals surface area contributed by atoms with Gasteiger partial charge in [0.25, 0.3) is 5.91 Å². The molecule has 0 unspecified atom stereocenters. The third kappa shape index (κ3) is 4.78. The molecule has 2 aromatic carbocycles. The number of rotatable bonds is 6. The van der Waals surface area contributed by atoms with Gasteiger partial charge < -0.3 is 5.11 Å². The van der Waals surface area contributed by atoms with Crippen molar-refractivity contribution >= 4 is 17.9 Å². The van der Waals surface area contributed by atoms with Crippen LogP contribution in [0.4, 0.5) is 0 Å². The fraction of sp³-hybridized carbons (Fsp3) is 0.211. The third-order valence-electron chi connectivity index (χ3n) is 3.35. The quantitative estimate of drug-likeness (QED) is 0.486. The number of hydrogen-bond donors (Lipinski definition) is 2. The van der Waals surface area contributed by atoms with Crippen LogP contribution < -0.4 is 5.43 Å². The first kappa shape index (κ1) is 17.4. The number of Topliss-reactive ketones (excluding diaryl/α,β-unsaturated/α-hetero) is 1. The van der Waals surface area contributed by atoms with Crippen molar-refractivity contribution in [3.63, 3.8) is 0 Å². The molecular formula is C19H20N2O3. The number of carbonyl (C=O) groups is 2. The average molecular weight is 324 g/mol. The summed E-state index contributed by atoms with van der Waals surface area (Å²) in [6.45, 7) is 3.92. The van der Waals surface area contributed by atoms with Gasteiger partial charge in [-0.15, -0.1) is 0 Å². The summed E-state index contributed by atoms with van der Waals surface area (Å²) in [4.78, 5) is 24.2. The zero-order chi connectivity index (χ0) is 17.5. The number of phenolic OH excluding ortho intramolecular Hbond substituents is 1. The van der Waals surface area contributed by atoms with Gasteiger partial charge in [0.2, 0.25) is 0 Å². The molecular weight excluding hydrogens is 304 g/mol. The molecule has 0 fully saturated rings. The molecule has 0 aliphatic carbocycles. The number of nitrogens with one attached hydrogen (secondary N) is 1. The van der Waals surface area contributed by atoms with E-state index in [0.29, 0.717) is 16.7 Å². The number of para-hydroxylation sites is 1. The lowest BCUT2D eigenvalue weighted by Gasteiger charge is -2.05. The van der Waals surface area contributed by atoms with Crippen LogP contribution in [0.5, 0.6) is 5.75 Å². The van der Waals surface area contributed by atoms with Crippen LogP contribution in [0.1, 0.15) is 40.1 Å². The Hall–Kier alpha value is -2.95. The highest BCUT2D eigenvalue weighted by atomic mass is 16.3. The summed E-state index contributed by atoms with van der Waals surface area (Å²) >= 11 is 0. The van der Waals surface area contributed by atoms with Crippen LogP contribution in [0, 0.1) is 5.92 Å². The van der Waals surface area contributed by atoms with Crippen molar-refractivity contribution in [3.05, 3.63) is 65.2 Å². The molecule has 2 rings (SSSR count). The molecule has 2 N–H and O–H groups in total. The molecule has 0 aromatic heterocycles. The smallest absolute Gasteiger partial charge is 0.271 e. The number of benzene rings is 2. The molecule has 1 amide bonds. The van der Waals surface area contributed by atoms with Crippen LogP contribution in [0.3, 0.4) is 0 Å². The Labute approximate surface area is 141 Å². The Balaban J connectivity index is 2.02. The zero-order valence-corrected chi connectivity index (χ0v) is 13.7. The van der Waals surface area contributed by atoms with Crippen LogP contribution in [0.15, 0.2) is 53.6 Å². The Kier molecular flexibility index (Phi) is 5.84. The maximum absolute atomic E-state index is 12.3. The number of nitrogens with zero attached hydrogens (tertiary/aromatic N) is 1. The second kappa shape index (κ2) is 8.06. The lowest BCUT2D eigenvalue weighted by molar-refractivity contribution is 0.0951. The Morgan fingerprint density at radius 1 is 1.08 bits per heavy atom. The lowest BCUT2D eigenvalue weighted by Crippen LogP contribution is -2.18. The van der Waals surface area contributed by atoms with Crippen molar-refractivity contribution < 1.29 is 14.7 Å². The number of aromatic hydroxyl groups is 1. The molecule has 0 bridgehead atoms. The Bertz CT molecular complexity index is 749. The number of ketones is 1. The molecule has 0 saturated carbocycles. The van der Waals surface area contributed by atoms with Crippen molar-refractivity contribution in [2.24, 2.45) is 11.0 Å². The first-order valence-electron chi connectivity index (χ1n) is 7.71. The van der Waals surface area contributed by atoms with E-state index in [4.69, 9.17) is 0 Å². The fourth-order valence-electron chi connectivity index (χ4n) is 2.05. The van der Waals surface area contributed by atoms with E-state index in [9.17, 15) is 14.7 Å². The molecule has 124 valence electrons. The second-order valence-electron chi connectivity index (χ2n) is 5.77. The van der Waals surface area contributed by atoms with Crippen LogP contribution in [-0.4, -0.2) is 23.0 Å². The second-order valence-corrected chi connectivity index (χ2v) is 5.77. The van der Waals surface area contributed by atoms with Crippen LogP contribution >= 0.6 is 0 Å². The number of phenols is 1. The van der Waals surface area contributed by atoms with Crippen molar-refractivity contribution in [1.29, 1.82) is 0 Å². The highest BCUT2D eigenvalue weighted by Gasteiger charge is 2.11. The number of amides is 1. The molecule has 0 heterocycles. The predicted molar refractivity (Wildman–Crippen MR) is 93.4 cm³/mol. The molecule has 0 aliphatic heterocycles. The topological polar surface area (TPSA) is 78.8 Å². The van der Waals surface area contributed by atoms with Gasteiger partial charge in [0, 0.05) is 29.3 Å². The largest absolute Gasteiger partial charge is 0.508 e. The van der Waals surface area contributed by atoms with Gasteiger partial charge in [0.05, 0.1) is 0 Å². The maximum Gasteiger partial charge on any atom is 0.271 e. The molecule has 0 saturated heterocycles. The zero-order valence-electron chi connectivity index (χ0n) is 13.7. The summed E-state index contributed by atoms with van der Waals surface area (Å²) in [6.07, 6.45) is 1.75. The Morgan fingerprint density at radius 3 is 2.33 bits per heavy atom. The minimum Gasteiger partial charge on any atom is -0.508 e. The van der Waals surface area contributed by atoms with Gasteiger partial charge in [0.15, 0.2) is 5.78 Å². The third-order valence-corrected chi connectivity index (χ3v) is 3.35. The first-order chi connectivity index (χ1) is 11.5. The van der Waals surface area contributed by atoms with E-state index in [0.717, 1.165) is 0 Å². The van der Waals surface area contributed by atoms with Crippen LogP contribution in [0.25, 0.3) is 0 Å². The van der Waals surface area contributed by atoms with Crippen molar-refractivity contribution in [3.8, 4) is 5.75 Å². The fourth-order valence-corrected chi connectivity index (χ4v) is 2.05. The average Bonchev–Trinajstić information content (AvgIpc) is 2.56. The molecule has 0 aliphatic rings. The van der Waals surface area contributed by atoms with Gasteiger partial charge in [-0.25, -0.2) is 5.43 Å². The highest BCUT2D eigenvalue weighted by molar-refractivity contribution is 5.99. The van der Waals surface area contributed by atoms with E-state index < -0.39 is 0 Å². The molecule has 0 spiro atoms. The van der Waals surface area contributed by atoms with Gasteiger partial charge >= 0.3 is 0 Å². The summed E-state index contributed by atoms with van der Waals surface area (Å²) in [5.74, 6) is -0.0996. The summed E-state index contributed by atoms with van der Waals surface area (Å²) in [5, 5.41) is 13.6. The van der Waals surface area contributed by atoms with Gasteiger partial charge in [-0.2, -0.15) is 5.10 Å². The lowest BCUT2D eigenvalue weighted by atomic mass is 10.0. The number of carbonyl (C=O) groups excluding carboxylic acids is 2. The number of hydrazone groups is 1. The predicted octanol–water partition coefficient (Wildman–Crippen LogP) is 3.19. The monoisotopic (exact) mass is 324 g/mol. The summed E-state index contributed by atoms with van der Waals surface area (Å²) in [6, 6.07) is 13.1. The Morgan fingerprint density at radius 2 is 1.71 bits per heavy atom. The van der Waals surface area contributed by atoms with Gasteiger partial charge in [-0.05, 0) is 24.1 Å². The normalized spacial score (nSPS) is 11.0. The first-order valence-corrected chi connectivity index (χ1v) is 7.71. The van der Waals surface area contributed by atoms with Crippen molar-refractivity contribution in [2.75, 3.05) is 0 Å². The van der Waals surface area contributed by atoms with Crippen LogP contribution in [-0.2, 0) is 6.42 Å². The summed E-state index contributed by atoms with van der Waals surface area (Å²) in [7, 11) is 0. The van der Waals surface area contributed by atoms with E-state index in [2.05, 4.69) is 10.5 Å². The number of hydrogen-bond acceptors (Lipinski definition) is 4. The van der Waals surface area contributed by atoms with Crippen LogP contribution in [0.2, 0.25) is 0 Å². The van der Waals surface area contributed by atoms with E-state index in [1.165, 1.54) is 0 Å². The minimum absolute atomic E-state index is 0.102. The molecule has 5 nitrogen and oxygen atoms in total.